The number of H-pyrrole nitrogens is 1. The second-order valence-electron chi connectivity index (χ2n) is 5.86. The molecule has 2 N–H and O–H groups in total. The summed E-state index contributed by atoms with van der Waals surface area (Å²) >= 11 is 5.87. The summed E-state index contributed by atoms with van der Waals surface area (Å²) in [5, 5.41) is 11.8. The molecule has 0 saturated carbocycles. The smallest absolute Gasteiger partial charge is 0.272 e. The van der Waals surface area contributed by atoms with Gasteiger partial charge in [0.05, 0.1) is 11.4 Å². The highest BCUT2D eigenvalue weighted by atomic mass is 35.5. The van der Waals surface area contributed by atoms with Crippen molar-refractivity contribution in [3.8, 4) is 11.3 Å². The number of benzene rings is 2. The van der Waals surface area contributed by atoms with Crippen LogP contribution in [0.1, 0.15) is 35.5 Å². The van der Waals surface area contributed by atoms with E-state index >= 15 is 0 Å². The van der Waals surface area contributed by atoms with Crippen molar-refractivity contribution in [2.24, 2.45) is 5.10 Å². The third kappa shape index (κ3) is 4.18. The summed E-state index contributed by atoms with van der Waals surface area (Å²) in [5.41, 5.74) is 7.40. The maximum atomic E-state index is 12.3. The van der Waals surface area contributed by atoms with Crippen LogP contribution in [0.4, 0.5) is 0 Å². The fraction of sp³-hybridized carbons (Fsp3) is 0.150. The number of carbonyl (C=O) groups is 1. The number of carbonyl (C=O) groups excluding carboxylic acids is 1. The van der Waals surface area contributed by atoms with Crippen LogP contribution in [0.2, 0.25) is 5.02 Å². The van der Waals surface area contributed by atoms with Crippen LogP contribution in [-0.4, -0.2) is 21.8 Å². The minimum Gasteiger partial charge on any atom is -0.272 e. The highest BCUT2D eigenvalue weighted by Crippen LogP contribution is 2.18. The third-order valence-electron chi connectivity index (χ3n) is 4.07. The number of hydrogen-bond acceptors (Lipinski definition) is 3. The van der Waals surface area contributed by atoms with E-state index in [0.717, 1.165) is 23.2 Å². The van der Waals surface area contributed by atoms with Crippen LogP contribution >= 0.6 is 11.6 Å². The minimum absolute atomic E-state index is 0.345. The molecular formula is C20H19ClN4O. The van der Waals surface area contributed by atoms with E-state index in [1.807, 2.05) is 31.2 Å². The largest absolute Gasteiger partial charge is 0.289 e. The molecule has 0 aliphatic heterocycles. The SMILES string of the molecule is CCc1ccc(-c2cc(C(=O)N/N=C(/C)c3ccc(Cl)cc3)[nH]n2)cc1. The molecule has 26 heavy (non-hydrogen) atoms. The van der Waals surface area contributed by atoms with E-state index in [4.69, 9.17) is 11.6 Å². The predicted molar refractivity (Wildman–Crippen MR) is 105 cm³/mol. The fourth-order valence-electron chi connectivity index (χ4n) is 2.45. The van der Waals surface area contributed by atoms with Crippen LogP contribution in [0, 0.1) is 0 Å². The van der Waals surface area contributed by atoms with E-state index in [1.54, 1.807) is 18.2 Å². The molecule has 0 saturated heterocycles. The number of amides is 1. The molecule has 1 amide bonds. The van der Waals surface area contributed by atoms with Crippen LogP contribution in [0.15, 0.2) is 59.7 Å². The Morgan fingerprint density at radius 3 is 2.50 bits per heavy atom. The average molecular weight is 367 g/mol. The highest BCUT2D eigenvalue weighted by molar-refractivity contribution is 6.30. The summed E-state index contributed by atoms with van der Waals surface area (Å²) in [6.45, 7) is 3.93. The van der Waals surface area contributed by atoms with Crippen molar-refractivity contribution in [2.45, 2.75) is 20.3 Å². The van der Waals surface area contributed by atoms with Crippen LogP contribution in [-0.2, 0) is 6.42 Å². The maximum Gasteiger partial charge on any atom is 0.289 e. The van der Waals surface area contributed by atoms with Gasteiger partial charge in [-0.05, 0) is 42.7 Å². The molecule has 0 unspecified atom stereocenters. The summed E-state index contributed by atoms with van der Waals surface area (Å²) < 4.78 is 0. The number of halogens is 1. The predicted octanol–water partition coefficient (Wildman–Crippen LogP) is 4.45. The molecular weight excluding hydrogens is 348 g/mol. The molecule has 3 rings (SSSR count). The average Bonchev–Trinajstić information content (AvgIpc) is 3.17. The standard InChI is InChI=1S/C20H19ClN4O/c1-3-14-4-6-16(7-5-14)18-12-19(24-23-18)20(26)25-22-13(2)15-8-10-17(21)11-9-15/h4-12H,3H2,1-2H3,(H,23,24)(H,25,26)/b22-13-. The van der Waals surface area contributed by atoms with Gasteiger partial charge in [0.15, 0.2) is 0 Å². The molecule has 3 aromatic rings. The third-order valence-corrected chi connectivity index (χ3v) is 4.32. The van der Waals surface area contributed by atoms with E-state index in [2.05, 4.69) is 39.8 Å². The Hall–Kier alpha value is -2.92. The van der Waals surface area contributed by atoms with Gasteiger partial charge in [0.1, 0.15) is 5.69 Å². The van der Waals surface area contributed by atoms with Gasteiger partial charge in [-0.3, -0.25) is 9.89 Å². The van der Waals surface area contributed by atoms with Crippen molar-refractivity contribution in [1.82, 2.24) is 15.6 Å². The first kappa shape index (κ1) is 17.9. The number of hydrogen-bond donors (Lipinski definition) is 2. The van der Waals surface area contributed by atoms with Gasteiger partial charge in [0, 0.05) is 10.6 Å². The molecule has 1 heterocycles. The fourth-order valence-corrected chi connectivity index (χ4v) is 2.57. The molecule has 5 nitrogen and oxygen atoms in total. The zero-order valence-electron chi connectivity index (χ0n) is 14.6. The summed E-state index contributed by atoms with van der Waals surface area (Å²) in [7, 11) is 0. The molecule has 0 aliphatic carbocycles. The van der Waals surface area contributed by atoms with Gasteiger partial charge in [-0.1, -0.05) is 54.9 Å². The summed E-state index contributed by atoms with van der Waals surface area (Å²) in [5.74, 6) is -0.345. The van der Waals surface area contributed by atoms with Crippen molar-refractivity contribution in [3.05, 3.63) is 76.4 Å². The number of rotatable bonds is 5. The Morgan fingerprint density at radius 2 is 1.85 bits per heavy atom. The van der Waals surface area contributed by atoms with Crippen LogP contribution in [0.3, 0.4) is 0 Å². The van der Waals surface area contributed by atoms with Gasteiger partial charge in [0.25, 0.3) is 5.91 Å². The first-order valence-electron chi connectivity index (χ1n) is 8.32. The topological polar surface area (TPSA) is 70.1 Å². The van der Waals surface area contributed by atoms with E-state index in [1.165, 1.54) is 5.56 Å². The molecule has 0 atom stereocenters. The zero-order chi connectivity index (χ0) is 18.5. The number of nitrogens with one attached hydrogen (secondary N) is 2. The number of nitrogens with zero attached hydrogens (tertiary/aromatic N) is 2. The van der Waals surface area contributed by atoms with E-state index in [0.29, 0.717) is 16.4 Å². The summed E-state index contributed by atoms with van der Waals surface area (Å²) in [6.07, 6.45) is 0.986. The zero-order valence-corrected chi connectivity index (χ0v) is 15.3. The molecule has 0 spiro atoms. The van der Waals surface area contributed by atoms with Crippen molar-refractivity contribution >= 4 is 23.2 Å². The van der Waals surface area contributed by atoms with Crippen LogP contribution < -0.4 is 5.43 Å². The molecule has 0 aliphatic rings. The first-order chi connectivity index (χ1) is 12.6. The first-order valence-corrected chi connectivity index (χ1v) is 8.70. The molecule has 6 heteroatoms. The maximum absolute atomic E-state index is 12.3. The van der Waals surface area contributed by atoms with E-state index < -0.39 is 0 Å². The van der Waals surface area contributed by atoms with Crippen molar-refractivity contribution in [3.63, 3.8) is 0 Å². The molecule has 0 fully saturated rings. The Balaban J connectivity index is 1.69. The van der Waals surface area contributed by atoms with Crippen LogP contribution in [0.25, 0.3) is 11.3 Å². The minimum atomic E-state index is -0.345. The number of hydrazone groups is 1. The van der Waals surface area contributed by atoms with Crippen molar-refractivity contribution in [1.29, 1.82) is 0 Å². The number of aryl methyl sites for hydroxylation is 1. The van der Waals surface area contributed by atoms with Gasteiger partial charge >= 0.3 is 0 Å². The Morgan fingerprint density at radius 1 is 1.15 bits per heavy atom. The lowest BCUT2D eigenvalue weighted by atomic mass is 10.1. The van der Waals surface area contributed by atoms with E-state index in [9.17, 15) is 4.79 Å². The molecule has 2 aromatic carbocycles. The van der Waals surface area contributed by atoms with Gasteiger partial charge in [0.2, 0.25) is 0 Å². The summed E-state index contributed by atoms with van der Waals surface area (Å²) in [4.78, 5) is 12.3. The van der Waals surface area contributed by atoms with Crippen molar-refractivity contribution in [2.75, 3.05) is 0 Å². The second kappa shape index (κ2) is 7.97. The lowest BCUT2D eigenvalue weighted by Gasteiger charge is -2.02. The molecule has 132 valence electrons. The number of aromatic nitrogens is 2. The second-order valence-corrected chi connectivity index (χ2v) is 6.30. The van der Waals surface area contributed by atoms with Crippen LogP contribution in [0.5, 0.6) is 0 Å². The lowest BCUT2D eigenvalue weighted by molar-refractivity contribution is 0.0950. The van der Waals surface area contributed by atoms with Gasteiger partial charge in [-0.2, -0.15) is 10.2 Å². The van der Waals surface area contributed by atoms with Crippen molar-refractivity contribution < 1.29 is 4.79 Å². The monoisotopic (exact) mass is 366 g/mol. The Labute approximate surface area is 157 Å². The Kier molecular flexibility index (Phi) is 5.49. The molecule has 0 radical (unpaired) electrons. The Bertz CT molecular complexity index is 927. The molecule has 1 aromatic heterocycles. The summed E-state index contributed by atoms with van der Waals surface area (Å²) in [6, 6.07) is 17.1. The lowest BCUT2D eigenvalue weighted by Crippen LogP contribution is -2.19. The normalized spacial score (nSPS) is 11.4. The molecule has 0 bridgehead atoms. The van der Waals surface area contributed by atoms with E-state index in [-0.39, 0.29) is 5.91 Å². The number of aromatic amines is 1. The van der Waals surface area contributed by atoms with Gasteiger partial charge < -0.3 is 0 Å². The van der Waals surface area contributed by atoms with Gasteiger partial charge in [-0.15, -0.1) is 0 Å². The highest BCUT2D eigenvalue weighted by Gasteiger charge is 2.11. The quantitative estimate of drug-likeness (QED) is 0.517. The van der Waals surface area contributed by atoms with Gasteiger partial charge in [-0.25, -0.2) is 5.43 Å².